The van der Waals surface area contributed by atoms with Gasteiger partial charge in [-0.1, -0.05) is 0 Å². The van der Waals surface area contributed by atoms with Gasteiger partial charge in [0.05, 0.1) is 12.7 Å². The van der Waals surface area contributed by atoms with Crippen LogP contribution >= 0.6 is 0 Å². The Kier molecular flexibility index (Phi) is 7.39. The van der Waals surface area contributed by atoms with Crippen LogP contribution in [0.3, 0.4) is 0 Å². The van der Waals surface area contributed by atoms with Crippen LogP contribution in [0.15, 0.2) is 0 Å². The molecule has 0 aromatic heterocycles. The topological polar surface area (TPSA) is 64.5 Å². The first kappa shape index (κ1) is 11.8. The maximum absolute atomic E-state index is 8.92. The molecule has 74 valence electrons. The van der Waals surface area contributed by atoms with E-state index < -0.39 is 0 Å². The van der Waals surface area contributed by atoms with Crippen molar-refractivity contribution in [1.29, 1.82) is 0 Å². The molecule has 0 fully saturated rings. The molecule has 0 bridgehead atoms. The van der Waals surface area contributed by atoms with Crippen LogP contribution in [0.5, 0.6) is 0 Å². The fourth-order valence-electron chi connectivity index (χ4n) is 0.892. The van der Waals surface area contributed by atoms with Crippen molar-refractivity contribution in [2.75, 3.05) is 26.2 Å². The Bertz CT molecular complexity index is 99.1. The predicted molar refractivity (Wildman–Crippen MR) is 49.1 cm³/mol. The van der Waals surface area contributed by atoms with Gasteiger partial charge in [0.25, 0.3) is 0 Å². The molecule has 0 radical (unpaired) electrons. The van der Waals surface area contributed by atoms with E-state index in [-0.39, 0.29) is 12.7 Å². The molecular formula is C8H20N2O2. The summed E-state index contributed by atoms with van der Waals surface area (Å²) in [5.41, 5.74) is 0. The summed E-state index contributed by atoms with van der Waals surface area (Å²) in [7, 11) is 0. The zero-order valence-corrected chi connectivity index (χ0v) is 7.88. The molecule has 4 heteroatoms. The lowest BCUT2D eigenvalue weighted by Crippen LogP contribution is -2.39. The first-order valence-corrected chi connectivity index (χ1v) is 4.39. The maximum Gasteiger partial charge on any atom is 0.0636 e. The van der Waals surface area contributed by atoms with E-state index in [9.17, 15) is 0 Å². The molecule has 0 spiro atoms. The summed E-state index contributed by atoms with van der Waals surface area (Å²) >= 11 is 0. The summed E-state index contributed by atoms with van der Waals surface area (Å²) in [6.45, 7) is 6.00. The highest BCUT2D eigenvalue weighted by Crippen LogP contribution is 1.79. The Balaban J connectivity index is 3.13. The summed E-state index contributed by atoms with van der Waals surface area (Å²) in [6, 6.07) is 0.330. The van der Waals surface area contributed by atoms with E-state index in [1.807, 2.05) is 6.92 Å². The van der Waals surface area contributed by atoms with Crippen molar-refractivity contribution in [2.45, 2.75) is 26.0 Å². The smallest absolute Gasteiger partial charge is 0.0636 e. The first-order valence-electron chi connectivity index (χ1n) is 4.39. The maximum atomic E-state index is 8.92. The van der Waals surface area contributed by atoms with Gasteiger partial charge in [0.15, 0.2) is 0 Å². The fraction of sp³-hybridized carbons (Fsp3) is 1.00. The summed E-state index contributed by atoms with van der Waals surface area (Å²) < 4.78 is 0. The molecular weight excluding hydrogens is 156 g/mol. The van der Waals surface area contributed by atoms with Crippen molar-refractivity contribution in [3.63, 3.8) is 0 Å². The third-order valence-electron chi connectivity index (χ3n) is 1.49. The third kappa shape index (κ3) is 7.94. The Morgan fingerprint density at radius 2 is 1.92 bits per heavy atom. The van der Waals surface area contributed by atoms with Gasteiger partial charge in [-0.3, -0.25) is 0 Å². The molecule has 0 aromatic carbocycles. The highest BCUT2D eigenvalue weighted by atomic mass is 16.3. The predicted octanol–water partition coefficient (Wildman–Crippen LogP) is -1.07. The van der Waals surface area contributed by atoms with Crippen molar-refractivity contribution < 1.29 is 10.2 Å². The van der Waals surface area contributed by atoms with Crippen LogP contribution < -0.4 is 10.6 Å². The average Bonchev–Trinajstić information content (AvgIpc) is 2.00. The molecule has 0 aromatic rings. The van der Waals surface area contributed by atoms with E-state index in [0.717, 1.165) is 6.54 Å². The van der Waals surface area contributed by atoms with Gasteiger partial charge >= 0.3 is 0 Å². The number of nitrogens with one attached hydrogen (secondary N) is 2. The molecule has 0 saturated heterocycles. The summed E-state index contributed by atoms with van der Waals surface area (Å²) in [5.74, 6) is 0. The molecule has 12 heavy (non-hydrogen) atoms. The molecule has 0 aliphatic rings. The second kappa shape index (κ2) is 7.49. The SMILES string of the molecule is CC(O)CNCC(C)NCCO. The van der Waals surface area contributed by atoms with Gasteiger partial charge in [0.2, 0.25) is 0 Å². The lowest BCUT2D eigenvalue weighted by atomic mass is 10.3. The number of aliphatic hydroxyl groups is 2. The van der Waals surface area contributed by atoms with E-state index in [1.165, 1.54) is 0 Å². The minimum atomic E-state index is -0.296. The van der Waals surface area contributed by atoms with Crippen molar-refractivity contribution in [1.82, 2.24) is 10.6 Å². The van der Waals surface area contributed by atoms with Crippen LogP contribution in [-0.4, -0.2) is 48.6 Å². The van der Waals surface area contributed by atoms with Gasteiger partial charge in [-0.15, -0.1) is 0 Å². The third-order valence-corrected chi connectivity index (χ3v) is 1.49. The van der Waals surface area contributed by atoms with Gasteiger partial charge in [-0.2, -0.15) is 0 Å². The second-order valence-corrected chi connectivity index (χ2v) is 3.09. The Labute approximate surface area is 74.0 Å². The highest BCUT2D eigenvalue weighted by Gasteiger charge is 2.00. The van der Waals surface area contributed by atoms with E-state index >= 15 is 0 Å². The average molecular weight is 176 g/mol. The molecule has 0 saturated carbocycles. The molecule has 0 heterocycles. The Hall–Kier alpha value is -0.160. The summed E-state index contributed by atoms with van der Waals surface area (Å²) in [4.78, 5) is 0. The van der Waals surface area contributed by atoms with Crippen LogP contribution in [0.4, 0.5) is 0 Å². The van der Waals surface area contributed by atoms with Crippen molar-refractivity contribution >= 4 is 0 Å². The fourth-order valence-corrected chi connectivity index (χ4v) is 0.892. The Morgan fingerprint density at radius 3 is 2.42 bits per heavy atom. The first-order chi connectivity index (χ1) is 5.66. The lowest BCUT2D eigenvalue weighted by molar-refractivity contribution is 0.190. The molecule has 0 amide bonds. The van der Waals surface area contributed by atoms with Crippen LogP contribution in [0.1, 0.15) is 13.8 Å². The van der Waals surface area contributed by atoms with Crippen LogP contribution in [0.25, 0.3) is 0 Å². The van der Waals surface area contributed by atoms with Crippen molar-refractivity contribution in [2.24, 2.45) is 0 Å². The Morgan fingerprint density at radius 1 is 1.25 bits per heavy atom. The quantitative estimate of drug-likeness (QED) is 0.399. The summed E-state index contributed by atoms with van der Waals surface area (Å²) in [6.07, 6.45) is -0.296. The van der Waals surface area contributed by atoms with Gasteiger partial charge in [0, 0.05) is 25.7 Å². The van der Waals surface area contributed by atoms with Crippen LogP contribution in [0.2, 0.25) is 0 Å². The minimum Gasteiger partial charge on any atom is -0.395 e. The van der Waals surface area contributed by atoms with Gasteiger partial charge in [0.1, 0.15) is 0 Å². The van der Waals surface area contributed by atoms with Gasteiger partial charge < -0.3 is 20.8 Å². The molecule has 4 nitrogen and oxygen atoms in total. The standard InChI is InChI=1S/C8H20N2O2/c1-7(10-3-4-11)5-9-6-8(2)12/h7-12H,3-6H2,1-2H3. The number of rotatable bonds is 7. The van der Waals surface area contributed by atoms with Gasteiger partial charge in [-0.05, 0) is 13.8 Å². The minimum absolute atomic E-state index is 0.167. The molecule has 0 rings (SSSR count). The van der Waals surface area contributed by atoms with E-state index in [0.29, 0.717) is 19.1 Å². The van der Waals surface area contributed by atoms with Gasteiger partial charge in [-0.25, -0.2) is 0 Å². The second-order valence-electron chi connectivity index (χ2n) is 3.09. The normalized spacial score (nSPS) is 16.0. The number of aliphatic hydroxyl groups excluding tert-OH is 2. The molecule has 0 aliphatic heterocycles. The van der Waals surface area contributed by atoms with E-state index in [4.69, 9.17) is 10.2 Å². The van der Waals surface area contributed by atoms with Crippen molar-refractivity contribution in [3.05, 3.63) is 0 Å². The van der Waals surface area contributed by atoms with Crippen LogP contribution in [0, 0.1) is 0 Å². The number of hydrogen-bond donors (Lipinski definition) is 4. The lowest BCUT2D eigenvalue weighted by Gasteiger charge is -2.14. The zero-order valence-electron chi connectivity index (χ0n) is 7.88. The summed E-state index contributed by atoms with van der Waals surface area (Å²) in [5, 5.41) is 23.6. The molecule has 2 atom stereocenters. The van der Waals surface area contributed by atoms with Crippen molar-refractivity contribution in [3.8, 4) is 0 Å². The van der Waals surface area contributed by atoms with E-state index in [1.54, 1.807) is 6.92 Å². The number of hydrogen-bond acceptors (Lipinski definition) is 4. The monoisotopic (exact) mass is 176 g/mol. The highest BCUT2D eigenvalue weighted by molar-refractivity contribution is 4.64. The molecule has 4 N–H and O–H groups in total. The molecule has 0 aliphatic carbocycles. The van der Waals surface area contributed by atoms with E-state index in [2.05, 4.69) is 10.6 Å². The zero-order chi connectivity index (χ0) is 9.40. The molecule has 2 unspecified atom stereocenters. The largest absolute Gasteiger partial charge is 0.395 e. The van der Waals surface area contributed by atoms with Crippen LogP contribution in [-0.2, 0) is 0 Å².